The molecular formula is C20H23N3O2. The molecule has 5 nitrogen and oxygen atoms in total. The molecule has 2 aromatic rings. The molecule has 0 saturated heterocycles. The van der Waals surface area contributed by atoms with E-state index in [4.69, 9.17) is 0 Å². The highest BCUT2D eigenvalue weighted by Gasteiger charge is 2.38. The van der Waals surface area contributed by atoms with E-state index in [-0.39, 0.29) is 18.1 Å². The third-order valence-electron chi connectivity index (χ3n) is 5.25. The molecule has 2 N–H and O–H groups in total. The molecule has 0 bridgehead atoms. The number of carbonyl (C=O) groups excluding carboxylic acids is 1. The summed E-state index contributed by atoms with van der Waals surface area (Å²) in [7, 11) is 0. The predicted molar refractivity (Wildman–Crippen MR) is 95.2 cm³/mol. The fourth-order valence-corrected chi connectivity index (χ4v) is 3.78. The number of pyridine rings is 1. The van der Waals surface area contributed by atoms with Crippen molar-refractivity contribution in [3.05, 3.63) is 59.4 Å². The topological polar surface area (TPSA) is 65.5 Å². The van der Waals surface area contributed by atoms with Crippen LogP contribution in [0.3, 0.4) is 0 Å². The number of aromatic nitrogens is 1. The van der Waals surface area contributed by atoms with Crippen LogP contribution in [0.5, 0.6) is 5.75 Å². The molecule has 0 radical (unpaired) electrons. The van der Waals surface area contributed by atoms with E-state index in [0.717, 1.165) is 42.5 Å². The van der Waals surface area contributed by atoms with Gasteiger partial charge in [0.1, 0.15) is 5.75 Å². The van der Waals surface area contributed by atoms with Gasteiger partial charge in [-0.25, -0.2) is 4.79 Å². The second-order valence-corrected chi connectivity index (χ2v) is 6.95. The number of benzene rings is 1. The first kappa shape index (κ1) is 15.9. The maximum Gasteiger partial charge on any atom is 0.318 e. The summed E-state index contributed by atoms with van der Waals surface area (Å²) in [4.78, 5) is 19.4. The Bertz CT molecular complexity index is 774. The Hall–Kier alpha value is -2.56. The molecule has 4 rings (SSSR count). The lowest BCUT2D eigenvalue weighted by Crippen LogP contribution is -2.44. The highest BCUT2D eigenvalue weighted by atomic mass is 16.3. The molecule has 2 amide bonds. The normalized spacial score (nSPS) is 20.0. The fourth-order valence-electron chi connectivity index (χ4n) is 3.78. The van der Waals surface area contributed by atoms with Gasteiger partial charge in [-0.15, -0.1) is 0 Å². The van der Waals surface area contributed by atoms with Crippen LogP contribution in [0.2, 0.25) is 0 Å². The minimum absolute atomic E-state index is 0.0354. The molecule has 2 aliphatic carbocycles. The first-order valence-corrected chi connectivity index (χ1v) is 8.95. The number of hydrogen-bond acceptors (Lipinski definition) is 3. The summed E-state index contributed by atoms with van der Waals surface area (Å²) in [5, 5.41) is 13.2. The Morgan fingerprint density at radius 2 is 2.08 bits per heavy atom. The van der Waals surface area contributed by atoms with Gasteiger partial charge in [-0.2, -0.15) is 0 Å². The van der Waals surface area contributed by atoms with Crippen molar-refractivity contribution in [2.45, 2.75) is 50.7 Å². The number of phenolic OH excluding ortho intramolecular Hbond substituents is 1. The van der Waals surface area contributed by atoms with Crippen LogP contribution in [0.25, 0.3) is 0 Å². The molecule has 0 unspecified atom stereocenters. The molecule has 130 valence electrons. The molecule has 1 fully saturated rings. The molecule has 1 aromatic heterocycles. The van der Waals surface area contributed by atoms with E-state index in [9.17, 15) is 9.90 Å². The van der Waals surface area contributed by atoms with Gasteiger partial charge in [-0.05, 0) is 61.9 Å². The van der Waals surface area contributed by atoms with Crippen LogP contribution in [0.15, 0.2) is 42.6 Å². The molecule has 25 heavy (non-hydrogen) atoms. The number of aromatic hydroxyl groups is 1. The van der Waals surface area contributed by atoms with Gasteiger partial charge in [0.25, 0.3) is 0 Å². The van der Waals surface area contributed by atoms with Crippen LogP contribution >= 0.6 is 0 Å². The van der Waals surface area contributed by atoms with E-state index in [2.05, 4.69) is 10.3 Å². The number of nitrogens with zero attached hydrogens (tertiary/aromatic N) is 2. The Labute approximate surface area is 147 Å². The van der Waals surface area contributed by atoms with Crippen molar-refractivity contribution >= 4 is 6.03 Å². The van der Waals surface area contributed by atoms with Crippen molar-refractivity contribution < 1.29 is 9.90 Å². The van der Waals surface area contributed by atoms with Crippen molar-refractivity contribution in [2.75, 3.05) is 0 Å². The molecule has 1 heterocycles. The maximum absolute atomic E-state index is 13.0. The lowest BCUT2D eigenvalue weighted by molar-refractivity contribution is 0.170. The van der Waals surface area contributed by atoms with Crippen LogP contribution in [0, 0.1) is 0 Å². The van der Waals surface area contributed by atoms with Crippen molar-refractivity contribution in [3.63, 3.8) is 0 Å². The largest absolute Gasteiger partial charge is 0.508 e. The van der Waals surface area contributed by atoms with E-state index in [0.29, 0.717) is 11.8 Å². The van der Waals surface area contributed by atoms with E-state index in [1.54, 1.807) is 12.3 Å². The lowest BCUT2D eigenvalue weighted by Gasteiger charge is -2.30. The number of rotatable bonds is 4. The zero-order chi connectivity index (χ0) is 17.4. The second kappa shape index (κ2) is 6.39. The minimum Gasteiger partial charge on any atom is -0.508 e. The summed E-state index contributed by atoms with van der Waals surface area (Å²) >= 11 is 0. The number of phenols is 1. The Balaban J connectivity index is 1.53. The third kappa shape index (κ3) is 3.06. The standard InChI is InChI=1S/C20H23N3O2/c1-13(17-6-2-3-12-21-17)23(14-8-9-14)20(25)22-18-11-10-16-15(18)5-4-7-19(16)24/h2-7,12-14,18,24H,8-11H2,1H3,(H,22,25)/t13-,18+/m0/s1. The summed E-state index contributed by atoms with van der Waals surface area (Å²) in [5.74, 6) is 0.329. The summed E-state index contributed by atoms with van der Waals surface area (Å²) in [6.45, 7) is 2.04. The number of amides is 2. The van der Waals surface area contributed by atoms with Crippen molar-refractivity contribution in [2.24, 2.45) is 0 Å². The average Bonchev–Trinajstić information content (AvgIpc) is 3.37. The Morgan fingerprint density at radius 1 is 1.24 bits per heavy atom. The zero-order valence-electron chi connectivity index (χ0n) is 14.4. The van der Waals surface area contributed by atoms with Gasteiger partial charge in [0.05, 0.1) is 17.8 Å². The van der Waals surface area contributed by atoms with E-state index in [1.807, 2.05) is 42.2 Å². The summed E-state index contributed by atoms with van der Waals surface area (Å²) < 4.78 is 0. The van der Waals surface area contributed by atoms with Crippen LogP contribution in [0.4, 0.5) is 4.79 Å². The van der Waals surface area contributed by atoms with E-state index in [1.165, 1.54) is 0 Å². The minimum atomic E-state index is -0.0567. The van der Waals surface area contributed by atoms with Gasteiger partial charge in [-0.1, -0.05) is 18.2 Å². The maximum atomic E-state index is 13.0. The summed E-state index contributed by atoms with van der Waals surface area (Å²) in [6.07, 6.45) is 5.49. The van der Waals surface area contributed by atoms with Crippen molar-refractivity contribution in [1.82, 2.24) is 15.2 Å². The Morgan fingerprint density at radius 3 is 2.80 bits per heavy atom. The van der Waals surface area contributed by atoms with Crippen LogP contribution in [-0.2, 0) is 6.42 Å². The number of fused-ring (bicyclic) bond motifs is 1. The number of nitrogens with one attached hydrogen (secondary N) is 1. The molecule has 2 atom stereocenters. The van der Waals surface area contributed by atoms with Crippen LogP contribution in [0.1, 0.15) is 55.1 Å². The number of urea groups is 1. The fraction of sp³-hybridized carbons (Fsp3) is 0.400. The quantitative estimate of drug-likeness (QED) is 0.894. The van der Waals surface area contributed by atoms with E-state index < -0.39 is 0 Å². The van der Waals surface area contributed by atoms with Gasteiger partial charge in [0, 0.05) is 12.2 Å². The lowest BCUT2D eigenvalue weighted by atomic mass is 10.1. The SMILES string of the molecule is C[C@@H](c1ccccn1)N(C(=O)N[C@@H]1CCc2c(O)cccc21)C1CC1. The zero-order valence-corrected chi connectivity index (χ0v) is 14.4. The monoisotopic (exact) mass is 337 g/mol. The molecule has 0 aliphatic heterocycles. The Kier molecular flexibility index (Phi) is 4.07. The highest BCUT2D eigenvalue weighted by Crippen LogP contribution is 2.38. The highest BCUT2D eigenvalue weighted by molar-refractivity contribution is 5.76. The first-order chi connectivity index (χ1) is 12.1. The van der Waals surface area contributed by atoms with Crippen molar-refractivity contribution in [3.8, 4) is 5.75 Å². The molecule has 1 aromatic carbocycles. The summed E-state index contributed by atoms with van der Waals surface area (Å²) in [5.41, 5.74) is 2.91. The van der Waals surface area contributed by atoms with Gasteiger partial charge in [-0.3, -0.25) is 4.98 Å². The van der Waals surface area contributed by atoms with Gasteiger partial charge in [0.2, 0.25) is 0 Å². The average molecular weight is 337 g/mol. The molecule has 5 heteroatoms. The number of carbonyl (C=O) groups is 1. The number of hydrogen-bond donors (Lipinski definition) is 2. The van der Waals surface area contributed by atoms with Gasteiger partial charge in [0.15, 0.2) is 0 Å². The molecule has 2 aliphatic rings. The smallest absolute Gasteiger partial charge is 0.318 e. The van der Waals surface area contributed by atoms with Crippen LogP contribution < -0.4 is 5.32 Å². The van der Waals surface area contributed by atoms with Gasteiger partial charge >= 0.3 is 6.03 Å². The van der Waals surface area contributed by atoms with E-state index >= 15 is 0 Å². The third-order valence-corrected chi connectivity index (χ3v) is 5.25. The summed E-state index contributed by atoms with van der Waals surface area (Å²) in [6, 6.07) is 11.5. The van der Waals surface area contributed by atoms with Crippen LogP contribution in [-0.4, -0.2) is 27.1 Å². The first-order valence-electron chi connectivity index (χ1n) is 8.95. The molecule has 1 saturated carbocycles. The molecule has 0 spiro atoms. The second-order valence-electron chi connectivity index (χ2n) is 6.95. The predicted octanol–water partition coefficient (Wildman–Crippen LogP) is 3.71. The molecular weight excluding hydrogens is 314 g/mol. The van der Waals surface area contributed by atoms with Gasteiger partial charge < -0.3 is 15.3 Å². The van der Waals surface area contributed by atoms with Crippen molar-refractivity contribution in [1.29, 1.82) is 0 Å².